The average Bonchev–Trinajstić information content (AvgIpc) is 3.42. The van der Waals surface area contributed by atoms with Crippen molar-refractivity contribution < 1.29 is 13.2 Å². The minimum Gasteiger partial charge on any atom is -0.302 e. The second-order valence-corrected chi connectivity index (χ2v) is 11.0. The van der Waals surface area contributed by atoms with E-state index < -0.39 is 10.0 Å². The zero-order valence-electron chi connectivity index (χ0n) is 14.2. The number of amides is 1. The van der Waals surface area contributed by atoms with Gasteiger partial charge in [-0.3, -0.25) is 4.79 Å². The Kier molecular flexibility index (Phi) is 5.42. The van der Waals surface area contributed by atoms with Crippen LogP contribution in [0.25, 0.3) is 10.6 Å². The summed E-state index contributed by atoms with van der Waals surface area (Å²) in [6, 6.07) is 7.31. The molecule has 0 spiro atoms. The summed E-state index contributed by atoms with van der Waals surface area (Å²) < 4.78 is 26.9. The number of thiophene rings is 2. The highest BCUT2D eigenvalue weighted by molar-refractivity contribution is 7.91. The van der Waals surface area contributed by atoms with E-state index >= 15 is 0 Å². The SMILES string of the molecule is O=C(Nc1nc(-c2cccs2)cs1)C1CCN(S(=O)(=O)c2cccs2)CC1. The van der Waals surface area contributed by atoms with Crippen LogP contribution in [-0.2, 0) is 14.8 Å². The molecule has 10 heteroatoms. The van der Waals surface area contributed by atoms with Crippen molar-refractivity contribution in [3.63, 3.8) is 0 Å². The quantitative estimate of drug-likeness (QED) is 0.652. The van der Waals surface area contributed by atoms with Crippen molar-refractivity contribution in [1.29, 1.82) is 0 Å². The average molecular weight is 440 g/mol. The van der Waals surface area contributed by atoms with Gasteiger partial charge in [-0.15, -0.1) is 34.0 Å². The molecule has 142 valence electrons. The molecule has 4 heterocycles. The molecule has 1 aliphatic rings. The second kappa shape index (κ2) is 7.80. The monoisotopic (exact) mass is 439 g/mol. The normalized spacial score (nSPS) is 16.4. The van der Waals surface area contributed by atoms with Crippen LogP contribution < -0.4 is 5.32 Å². The van der Waals surface area contributed by atoms with Crippen LogP contribution in [0.4, 0.5) is 5.13 Å². The van der Waals surface area contributed by atoms with E-state index in [4.69, 9.17) is 0 Å². The first-order valence-electron chi connectivity index (χ1n) is 8.38. The predicted octanol–water partition coefficient (Wildman–Crippen LogP) is 3.97. The number of carbonyl (C=O) groups excluding carboxylic acids is 1. The summed E-state index contributed by atoms with van der Waals surface area (Å²) in [5.74, 6) is -0.288. The van der Waals surface area contributed by atoms with Crippen LogP contribution in [0.1, 0.15) is 12.8 Å². The number of rotatable bonds is 5. The van der Waals surface area contributed by atoms with Gasteiger partial charge in [0.05, 0.1) is 10.6 Å². The van der Waals surface area contributed by atoms with E-state index in [2.05, 4.69) is 10.3 Å². The summed E-state index contributed by atoms with van der Waals surface area (Å²) in [6.45, 7) is 0.716. The van der Waals surface area contributed by atoms with Gasteiger partial charge in [-0.25, -0.2) is 13.4 Å². The Morgan fingerprint density at radius 1 is 1.11 bits per heavy atom. The van der Waals surface area contributed by atoms with Crippen molar-refractivity contribution in [3.05, 3.63) is 40.4 Å². The number of nitrogens with zero attached hydrogens (tertiary/aromatic N) is 2. The lowest BCUT2D eigenvalue weighted by atomic mass is 9.97. The van der Waals surface area contributed by atoms with Gasteiger partial charge in [0.1, 0.15) is 4.21 Å². The summed E-state index contributed by atoms with van der Waals surface area (Å²) in [7, 11) is -3.44. The Hall–Kier alpha value is -1.59. The van der Waals surface area contributed by atoms with Crippen LogP contribution in [0, 0.1) is 5.92 Å². The highest BCUT2D eigenvalue weighted by atomic mass is 32.2. The van der Waals surface area contributed by atoms with E-state index in [1.54, 1.807) is 28.8 Å². The Morgan fingerprint density at radius 3 is 2.52 bits per heavy atom. The van der Waals surface area contributed by atoms with E-state index in [0.29, 0.717) is 35.3 Å². The number of carbonyl (C=O) groups is 1. The summed E-state index contributed by atoms with van der Waals surface area (Å²) in [4.78, 5) is 18.1. The number of aromatic nitrogens is 1. The van der Waals surface area contributed by atoms with E-state index in [1.165, 1.54) is 27.0 Å². The second-order valence-electron chi connectivity index (χ2n) is 6.11. The summed E-state index contributed by atoms with van der Waals surface area (Å²) >= 11 is 4.23. The summed E-state index contributed by atoms with van der Waals surface area (Å²) in [5, 5.41) is 9.14. The molecule has 27 heavy (non-hydrogen) atoms. The topological polar surface area (TPSA) is 79.4 Å². The minimum atomic E-state index is -3.44. The van der Waals surface area contributed by atoms with Gasteiger partial charge < -0.3 is 5.32 Å². The number of hydrogen-bond acceptors (Lipinski definition) is 7. The van der Waals surface area contributed by atoms with Crippen molar-refractivity contribution in [2.45, 2.75) is 17.1 Å². The molecule has 0 atom stereocenters. The Morgan fingerprint density at radius 2 is 1.85 bits per heavy atom. The maximum absolute atomic E-state index is 12.6. The van der Waals surface area contributed by atoms with Gasteiger partial charge in [0, 0.05) is 24.4 Å². The fraction of sp³-hybridized carbons (Fsp3) is 0.294. The van der Waals surface area contributed by atoms with E-state index in [-0.39, 0.29) is 11.8 Å². The minimum absolute atomic E-state index is 0.0877. The highest BCUT2D eigenvalue weighted by Gasteiger charge is 2.32. The van der Waals surface area contributed by atoms with Gasteiger partial charge in [0.2, 0.25) is 5.91 Å². The molecule has 0 radical (unpaired) electrons. The van der Waals surface area contributed by atoms with E-state index in [1.807, 2.05) is 22.9 Å². The lowest BCUT2D eigenvalue weighted by Crippen LogP contribution is -2.41. The van der Waals surface area contributed by atoms with Crippen LogP contribution in [0.2, 0.25) is 0 Å². The van der Waals surface area contributed by atoms with Crippen LogP contribution in [0.15, 0.2) is 44.6 Å². The van der Waals surface area contributed by atoms with Crippen molar-refractivity contribution in [1.82, 2.24) is 9.29 Å². The number of piperidine rings is 1. The molecule has 0 aromatic carbocycles. The van der Waals surface area contributed by atoms with Gasteiger partial charge in [-0.05, 0) is 35.7 Å². The number of anilines is 1. The predicted molar refractivity (Wildman–Crippen MR) is 110 cm³/mol. The van der Waals surface area contributed by atoms with Gasteiger partial charge in [0.25, 0.3) is 10.0 Å². The van der Waals surface area contributed by atoms with Gasteiger partial charge in [-0.2, -0.15) is 4.31 Å². The fourth-order valence-corrected chi connectivity index (χ4v) is 7.06. The molecule has 0 saturated carbocycles. The highest BCUT2D eigenvalue weighted by Crippen LogP contribution is 2.30. The molecular weight excluding hydrogens is 422 g/mol. The van der Waals surface area contributed by atoms with Crippen LogP contribution in [0.5, 0.6) is 0 Å². The molecule has 1 N–H and O–H groups in total. The number of sulfonamides is 1. The summed E-state index contributed by atoms with van der Waals surface area (Å²) in [6.07, 6.45) is 1.03. The van der Waals surface area contributed by atoms with Crippen LogP contribution in [0.3, 0.4) is 0 Å². The lowest BCUT2D eigenvalue weighted by molar-refractivity contribution is -0.120. The smallest absolute Gasteiger partial charge is 0.252 e. The van der Waals surface area contributed by atoms with E-state index in [0.717, 1.165) is 10.6 Å². The van der Waals surface area contributed by atoms with Crippen LogP contribution >= 0.6 is 34.0 Å². The zero-order chi connectivity index (χ0) is 18.9. The third kappa shape index (κ3) is 3.99. The zero-order valence-corrected chi connectivity index (χ0v) is 17.5. The van der Waals surface area contributed by atoms with Gasteiger partial charge in [0.15, 0.2) is 5.13 Å². The molecule has 3 aromatic heterocycles. The molecule has 3 aromatic rings. The fourth-order valence-electron chi connectivity index (χ4n) is 2.97. The molecule has 1 aliphatic heterocycles. The molecule has 1 amide bonds. The van der Waals surface area contributed by atoms with Crippen LogP contribution in [-0.4, -0.2) is 36.7 Å². The molecule has 0 unspecified atom stereocenters. The molecule has 0 aliphatic carbocycles. The summed E-state index contributed by atoms with van der Waals surface area (Å²) in [5.41, 5.74) is 0.863. The first kappa shape index (κ1) is 18.8. The van der Waals surface area contributed by atoms with E-state index in [9.17, 15) is 13.2 Å². The lowest BCUT2D eigenvalue weighted by Gasteiger charge is -2.29. The first-order chi connectivity index (χ1) is 13.0. The Bertz CT molecular complexity index is 1000. The molecule has 0 bridgehead atoms. The molecule has 6 nitrogen and oxygen atoms in total. The van der Waals surface area contributed by atoms with Crippen molar-refractivity contribution in [3.8, 4) is 10.6 Å². The Labute approximate surface area is 169 Å². The van der Waals surface area contributed by atoms with Gasteiger partial charge >= 0.3 is 0 Å². The Balaban J connectivity index is 1.35. The number of hydrogen-bond donors (Lipinski definition) is 1. The molecule has 1 fully saturated rings. The molecule has 4 rings (SSSR count). The van der Waals surface area contributed by atoms with Crippen molar-refractivity contribution >= 4 is 55.1 Å². The third-order valence-corrected chi connectivity index (χ3v) is 9.34. The molecule has 1 saturated heterocycles. The maximum Gasteiger partial charge on any atom is 0.252 e. The van der Waals surface area contributed by atoms with Crippen molar-refractivity contribution in [2.75, 3.05) is 18.4 Å². The van der Waals surface area contributed by atoms with Gasteiger partial charge in [-0.1, -0.05) is 12.1 Å². The molecular formula is C17H17N3O3S4. The largest absolute Gasteiger partial charge is 0.302 e. The maximum atomic E-state index is 12.6. The third-order valence-electron chi connectivity index (χ3n) is 4.42. The number of thiazole rings is 1. The number of nitrogens with one attached hydrogen (secondary N) is 1. The first-order valence-corrected chi connectivity index (χ1v) is 12.5. The standard InChI is InChI=1S/C17H17N3O3S4/c21-16(19-17-18-13(11-26-17)14-3-1-9-24-14)12-5-7-20(8-6-12)27(22,23)15-4-2-10-25-15/h1-4,9-12H,5-8H2,(H,18,19,21). The van der Waals surface area contributed by atoms with Crippen molar-refractivity contribution in [2.24, 2.45) is 5.92 Å².